The van der Waals surface area contributed by atoms with Gasteiger partial charge in [-0.1, -0.05) is 71.0 Å². The molecule has 0 saturated heterocycles. The predicted octanol–water partition coefficient (Wildman–Crippen LogP) is 5.08. The van der Waals surface area contributed by atoms with Crippen LogP contribution in [0.2, 0.25) is 0 Å². The molecule has 0 spiro atoms. The highest BCUT2D eigenvalue weighted by molar-refractivity contribution is 5.92. The number of nitrogens with zero attached hydrogens (tertiary/aromatic N) is 1. The van der Waals surface area contributed by atoms with Gasteiger partial charge in [0, 0.05) is 5.69 Å². The van der Waals surface area contributed by atoms with E-state index in [1.54, 1.807) is 0 Å². The molecule has 3 heteroatoms. The minimum atomic E-state index is 0.0662. The van der Waals surface area contributed by atoms with Gasteiger partial charge in [-0.3, -0.25) is 5.41 Å². The van der Waals surface area contributed by atoms with Crippen LogP contribution in [0.15, 0.2) is 48.5 Å². The molecule has 0 bridgehead atoms. The number of hydrogen-bond donors (Lipinski definition) is 2. The molecule has 2 rings (SSSR count). The number of rotatable bonds is 5. The van der Waals surface area contributed by atoms with E-state index >= 15 is 0 Å². The van der Waals surface area contributed by atoms with Crippen LogP contribution in [0.1, 0.15) is 51.3 Å². The number of hydrogen-bond acceptors (Lipinski definition) is 1. The van der Waals surface area contributed by atoms with Crippen molar-refractivity contribution in [3.8, 4) is 0 Å². The fraction of sp³-hybridized carbons (Fsp3) is 0.409. The third kappa shape index (κ3) is 5.35. The molecule has 0 unspecified atom stereocenters. The van der Waals surface area contributed by atoms with Gasteiger partial charge in [-0.15, -0.1) is 0 Å². The monoisotopic (exact) mass is 337 g/mol. The molecule has 3 N–H and O–H groups in total. The van der Waals surface area contributed by atoms with Crippen LogP contribution in [-0.4, -0.2) is 5.96 Å². The molecule has 25 heavy (non-hydrogen) atoms. The molecule has 0 aliphatic rings. The Bertz CT molecular complexity index is 692. The van der Waals surface area contributed by atoms with Gasteiger partial charge in [0.05, 0.1) is 6.54 Å². The lowest BCUT2D eigenvalue weighted by Crippen LogP contribution is -2.35. The first-order valence-corrected chi connectivity index (χ1v) is 8.96. The second kappa shape index (κ2) is 7.73. The average Bonchev–Trinajstić information content (AvgIpc) is 2.52. The van der Waals surface area contributed by atoms with E-state index in [4.69, 9.17) is 11.1 Å². The molecule has 0 radical (unpaired) electrons. The molecule has 2 aromatic carbocycles. The van der Waals surface area contributed by atoms with Gasteiger partial charge in [0.1, 0.15) is 0 Å². The van der Waals surface area contributed by atoms with Crippen molar-refractivity contribution in [3.05, 3.63) is 65.2 Å². The van der Waals surface area contributed by atoms with E-state index in [9.17, 15) is 0 Å². The number of nitrogens with one attached hydrogen (secondary N) is 1. The van der Waals surface area contributed by atoms with Gasteiger partial charge in [-0.2, -0.15) is 0 Å². The maximum absolute atomic E-state index is 7.95. The lowest BCUT2D eigenvalue weighted by molar-refractivity contribution is 0.590. The zero-order chi connectivity index (χ0) is 18.6. The molecule has 0 amide bonds. The second-order valence-corrected chi connectivity index (χ2v) is 8.18. The summed E-state index contributed by atoms with van der Waals surface area (Å²) in [6.07, 6.45) is 1.06. The molecule has 0 aliphatic carbocycles. The van der Waals surface area contributed by atoms with Crippen molar-refractivity contribution >= 4 is 11.6 Å². The van der Waals surface area contributed by atoms with Crippen LogP contribution in [0.5, 0.6) is 0 Å². The molecule has 134 valence electrons. The average molecular weight is 338 g/mol. The molecular formula is C22H31N3. The standard InChI is InChI=1S/C22H31N3/c1-16(2)14-17-8-12-20(13-9-17)25(21(23)24)15-18-6-10-19(11-7-18)22(3,4)5/h6-13,16H,14-15H2,1-5H3,(H3,23,24). The van der Waals surface area contributed by atoms with Gasteiger partial charge in [0.25, 0.3) is 0 Å². The maximum atomic E-state index is 7.95. The van der Waals surface area contributed by atoms with E-state index in [-0.39, 0.29) is 11.4 Å². The van der Waals surface area contributed by atoms with Crippen LogP contribution >= 0.6 is 0 Å². The molecule has 0 fully saturated rings. The van der Waals surface area contributed by atoms with Crippen molar-refractivity contribution in [2.24, 2.45) is 11.7 Å². The van der Waals surface area contributed by atoms with Crippen LogP contribution in [0, 0.1) is 11.3 Å². The lowest BCUT2D eigenvalue weighted by atomic mass is 9.87. The normalized spacial score (nSPS) is 11.6. The summed E-state index contributed by atoms with van der Waals surface area (Å²) in [7, 11) is 0. The molecule has 0 aliphatic heterocycles. The van der Waals surface area contributed by atoms with Crippen LogP contribution in [-0.2, 0) is 18.4 Å². The highest BCUT2D eigenvalue weighted by Crippen LogP contribution is 2.24. The van der Waals surface area contributed by atoms with Gasteiger partial charge in [-0.25, -0.2) is 0 Å². The fourth-order valence-electron chi connectivity index (χ4n) is 2.89. The molecule has 0 aromatic heterocycles. The maximum Gasteiger partial charge on any atom is 0.193 e. The zero-order valence-electron chi connectivity index (χ0n) is 16.1. The van der Waals surface area contributed by atoms with E-state index in [1.165, 1.54) is 11.1 Å². The predicted molar refractivity (Wildman–Crippen MR) is 108 cm³/mol. The van der Waals surface area contributed by atoms with Crippen molar-refractivity contribution in [3.63, 3.8) is 0 Å². The Kier molecular flexibility index (Phi) is 5.89. The number of nitrogens with two attached hydrogens (primary N) is 1. The van der Waals surface area contributed by atoms with E-state index in [0.29, 0.717) is 12.5 Å². The number of anilines is 1. The summed E-state index contributed by atoms with van der Waals surface area (Å²) in [6.45, 7) is 11.7. The van der Waals surface area contributed by atoms with Crippen molar-refractivity contribution in [1.29, 1.82) is 5.41 Å². The summed E-state index contributed by atoms with van der Waals surface area (Å²) in [5, 5.41) is 7.95. The summed E-state index contributed by atoms with van der Waals surface area (Å²) >= 11 is 0. The highest BCUT2D eigenvalue weighted by Gasteiger charge is 2.14. The van der Waals surface area contributed by atoms with Gasteiger partial charge in [-0.05, 0) is 46.6 Å². The van der Waals surface area contributed by atoms with E-state index in [2.05, 4.69) is 83.1 Å². The molecule has 2 aromatic rings. The second-order valence-electron chi connectivity index (χ2n) is 8.18. The van der Waals surface area contributed by atoms with Crippen LogP contribution < -0.4 is 10.6 Å². The lowest BCUT2D eigenvalue weighted by Gasteiger charge is -2.24. The molecule has 0 heterocycles. The van der Waals surface area contributed by atoms with Gasteiger partial charge in [0.2, 0.25) is 0 Å². The summed E-state index contributed by atoms with van der Waals surface area (Å²) in [5.41, 5.74) is 10.7. The highest BCUT2D eigenvalue weighted by atomic mass is 15.2. The summed E-state index contributed by atoms with van der Waals surface area (Å²) in [5.74, 6) is 0.701. The molecule has 3 nitrogen and oxygen atoms in total. The van der Waals surface area contributed by atoms with Crippen LogP contribution in [0.25, 0.3) is 0 Å². The summed E-state index contributed by atoms with van der Waals surface area (Å²) < 4.78 is 0. The van der Waals surface area contributed by atoms with Crippen molar-refractivity contribution < 1.29 is 0 Å². The van der Waals surface area contributed by atoms with Crippen molar-refractivity contribution in [2.45, 2.75) is 53.0 Å². The summed E-state index contributed by atoms with van der Waals surface area (Å²) in [6, 6.07) is 17.0. The van der Waals surface area contributed by atoms with Crippen LogP contribution in [0.3, 0.4) is 0 Å². The third-order valence-corrected chi connectivity index (χ3v) is 4.34. The smallest absolute Gasteiger partial charge is 0.193 e. The van der Waals surface area contributed by atoms with Crippen molar-refractivity contribution in [1.82, 2.24) is 0 Å². The minimum absolute atomic E-state index is 0.0662. The Balaban J connectivity index is 2.17. The largest absolute Gasteiger partial charge is 0.370 e. The van der Waals surface area contributed by atoms with Gasteiger partial charge in [0.15, 0.2) is 5.96 Å². The Morgan fingerprint density at radius 3 is 1.92 bits per heavy atom. The van der Waals surface area contributed by atoms with E-state index in [1.807, 2.05) is 4.90 Å². The third-order valence-electron chi connectivity index (χ3n) is 4.34. The van der Waals surface area contributed by atoms with Crippen molar-refractivity contribution in [2.75, 3.05) is 4.90 Å². The first kappa shape index (κ1) is 19.0. The quantitative estimate of drug-likeness (QED) is 0.590. The van der Waals surface area contributed by atoms with E-state index in [0.717, 1.165) is 17.7 Å². The topological polar surface area (TPSA) is 53.1 Å². The first-order chi connectivity index (χ1) is 11.7. The number of guanidine groups is 1. The first-order valence-electron chi connectivity index (χ1n) is 8.96. The van der Waals surface area contributed by atoms with Gasteiger partial charge >= 0.3 is 0 Å². The van der Waals surface area contributed by atoms with Gasteiger partial charge < -0.3 is 10.6 Å². The summed E-state index contributed by atoms with van der Waals surface area (Å²) in [4.78, 5) is 1.84. The number of benzene rings is 2. The minimum Gasteiger partial charge on any atom is -0.370 e. The van der Waals surface area contributed by atoms with Crippen LogP contribution in [0.4, 0.5) is 5.69 Å². The molecule has 0 atom stereocenters. The Hall–Kier alpha value is -2.29. The Morgan fingerprint density at radius 1 is 0.960 bits per heavy atom. The molecular weight excluding hydrogens is 306 g/mol. The Morgan fingerprint density at radius 2 is 1.48 bits per heavy atom. The SMILES string of the molecule is CC(C)Cc1ccc(N(Cc2ccc(C(C)(C)C)cc2)C(=N)N)cc1. The fourth-order valence-corrected chi connectivity index (χ4v) is 2.89. The van der Waals surface area contributed by atoms with E-state index < -0.39 is 0 Å². The molecule has 0 saturated carbocycles. The zero-order valence-corrected chi connectivity index (χ0v) is 16.1. The Labute approximate surface area is 152 Å².